The van der Waals surface area contributed by atoms with E-state index in [1.165, 1.54) is 25.5 Å². The summed E-state index contributed by atoms with van der Waals surface area (Å²) >= 11 is 6.02. The molecule has 0 bridgehead atoms. The van der Waals surface area contributed by atoms with Gasteiger partial charge in [0.2, 0.25) is 0 Å². The SMILES string of the molecule is COC(=O)/C(=C\c1ccccc1Cl)NC(=O)c1ccco1. The minimum absolute atomic E-state index is 0.0352. The zero-order valence-corrected chi connectivity index (χ0v) is 11.9. The van der Waals surface area contributed by atoms with Crippen molar-refractivity contribution in [1.82, 2.24) is 5.32 Å². The molecule has 2 aromatic rings. The van der Waals surface area contributed by atoms with Gasteiger partial charge in [-0.15, -0.1) is 0 Å². The molecule has 6 heteroatoms. The van der Waals surface area contributed by atoms with Gasteiger partial charge in [0.25, 0.3) is 5.91 Å². The fourth-order valence-corrected chi connectivity index (χ4v) is 1.79. The molecule has 1 amide bonds. The molecule has 0 fully saturated rings. The average molecular weight is 306 g/mol. The molecule has 0 unspecified atom stereocenters. The quantitative estimate of drug-likeness (QED) is 0.696. The molecule has 1 aromatic heterocycles. The summed E-state index contributed by atoms with van der Waals surface area (Å²) in [6.45, 7) is 0. The Kier molecular flexibility index (Phi) is 4.79. The highest BCUT2D eigenvalue weighted by Gasteiger charge is 2.16. The zero-order valence-electron chi connectivity index (χ0n) is 11.1. The van der Waals surface area contributed by atoms with Crippen molar-refractivity contribution >= 4 is 29.6 Å². The van der Waals surface area contributed by atoms with Crippen LogP contribution in [0.15, 0.2) is 52.8 Å². The third-order valence-corrected chi connectivity index (χ3v) is 2.95. The number of furan rings is 1. The van der Waals surface area contributed by atoms with Crippen LogP contribution in [0.4, 0.5) is 0 Å². The van der Waals surface area contributed by atoms with Crippen LogP contribution >= 0.6 is 11.6 Å². The molecule has 1 aromatic carbocycles. The second kappa shape index (κ2) is 6.76. The summed E-state index contributed by atoms with van der Waals surface area (Å²) in [4.78, 5) is 23.7. The molecular weight excluding hydrogens is 294 g/mol. The first-order chi connectivity index (χ1) is 10.1. The van der Waals surface area contributed by atoms with Crippen LogP contribution in [-0.2, 0) is 9.53 Å². The first-order valence-electron chi connectivity index (χ1n) is 6.01. The molecule has 2 rings (SSSR count). The number of hydrogen-bond acceptors (Lipinski definition) is 4. The molecule has 1 N–H and O–H groups in total. The lowest BCUT2D eigenvalue weighted by molar-refractivity contribution is -0.136. The van der Waals surface area contributed by atoms with Crippen molar-refractivity contribution in [3.05, 3.63) is 64.7 Å². The minimum atomic E-state index is -0.685. The van der Waals surface area contributed by atoms with E-state index in [0.717, 1.165) is 0 Å². The summed E-state index contributed by atoms with van der Waals surface area (Å²) in [7, 11) is 1.22. The molecule has 5 nitrogen and oxygen atoms in total. The molecule has 21 heavy (non-hydrogen) atoms. The average Bonchev–Trinajstić information content (AvgIpc) is 3.02. The number of carbonyl (C=O) groups is 2. The molecule has 0 radical (unpaired) electrons. The van der Waals surface area contributed by atoms with Crippen LogP contribution in [0.1, 0.15) is 16.1 Å². The fraction of sp³-hybridized carbons (Fsp3) is 0.0667. The van der Waals surface area contributed by atoms with E-state index < -0.39 is 11.9 Å². The number of nitrogens with one attached hydrogen (secondary N) is 1. The highest BCUT2D eigenvalue weighted by Crippen LogP contribution is 2.18. The number of amides is 1. The van der Waals surface area contributed by atoms with Crippen LogP contribution in [0, 0.1) is 0 Å². The first-order valence-corrected chi connectivity index (χ1v) is 6.39. The highest BCUT2D eigenvalue weighted by molar-refractivity contribution is 6.32. The van der Waals surface area contributed by atoms with Gasteiger partial charge in [0.1, 0.15) is 5.70 Å². The molecule has 1 heterocycles. The van der Waals surface area contributed by atoms with Gasteiger partial charge in [0.15, 0.2) is 5.76 Å². The summed E-state index contributed by atoms with van der Waals surface area (Å²) in [6, 6.07) is 9.98. The van der Waals surface area contributed by atoms with Crippen LogP contribution < -0.4 is 5.32 Å². The number of esters is 1. The van der Waals surface area contributed by atoms with Gasteiger partial charge in [-0.05, 0) is 29.8 Å². The maximum absolute atomic E-state index is 11.9. The Morgan fingerprint density at radius 3 is 2.62 bits per heavy atom. The summed E-state index contributed by atoms with van der Waals surface area (Å²) in [6.07, 6.45) is 2.81. The third-order valence-electron chi connectivity index (χ3n) is 2.60. The molecular formula is C15H12ClNO4. The van der Waals surface area contributed by atoms with Gasteiger partial charge in [-0.25, -0.2) is 4.79 Å². The summed E-state index contributed by atoms with van der Waals surface area (Å²) in [5.41, 5.74) is 0.548. The molecule has 0 atom stereocenters. The van der Waals surface area contributed by atoms with E-state index in [2.05, 4.69) is 10.1 Å². The Morgan fingerprint density at radius 1 is 1.24 bits per heavy atom. The number of halogens is 1. The van der Waals surface area contributed by atoms with Crippen LogP contribution in [0.2, 0.25) is 5.02 Å². The Bertz CT molecular complexity index is 677. The van der Waals surface area contributed by atoms with Crippen LogP contribution in [0.5, 0.6) is 0 Å². The number of hydrogen-bond donors (Lipinski definition) is 1. The van der Waals surface area contributed by atoms with Gasteiger partial charge in [-0.1, -0.05) is 29.8 Å². The van der Waals surface area contributed by atoms with Crippen molar-refractivity contribution in [1.29, 1.82) is 0 Å². The van der Waals surface area contributed by atoms with Crippen LogP contribution in [-0.4, -0.2) is 19.0 Å². The van der Waals surface area contributed by atoms with E-state index >= 15 is 0 Å². The topological polar surface area (TPSA) is 68.5 Å². The lowest BCUT2D eigenvalue weighted by Gasteiger charge is -2.07. The predicted molar refractivity (Wildman–Crippen MR) is 77.6 cm³/mol. The molecule has 0 aliphatic heterocycles. The van der Waals surface area contributed by atoms with Gasteiger partial charge in [-0.2, -0.15) is 0 Å². The van der Waals surface area contributed by atoms with E-state index in [-0.39, 0.29) is 11.5 Å². The molecule has 0 saturated heterocycles. The van der Waals surface area contributed by atoms with Gasteiger partial charge < -0.3 is 14.5 Å². The third kappa shape index (κ3) is 3.73. The van der Waals surface area contributed by atoms with Crippen molar-refractivity contribution < 1.29 is 18.7 Å². The van der Waals surface area contributed by atoms with Gasteiger partial charge in [0, 0.05) is 5.02 Å². The Balaban J connectivity index is 2.29. The zero-order chi connectivity index (χ0) is 15.2. The maximum atomic E-state index is 11.9. The number of ether oxygens (including phenoxy) is 1. The van der Waals surface area contributed by atoms with Crippen molar-refractivity contribution in [3.8, 4) is 0 Å². The molecule has 0 aliphatic rings. The number of carbonyl (C=O) groups excluding carboxylic acids is 2. The standard InChI is InChI=1S/C15H12ClNO4/c1-20-15(19)12(9-10-5-2-3-6-11(10)16)17-14(18)13-7-4-8-21-13/h2-9H,1H3,(H,17,18)/b12-9+. The molecule has 0 spiro atoms. The largest absolute Gasteiger partial charge is 0.464 e. The van der Waals surface area contributed by atoms with Crippen molar-refractivity contribution in [2.24, 2.45) is 0 Å². The van der Waals surface area contributed by atoms with Crippen molar-refractivity contribution in [2.75, 3.05) is 7.11 Å². The van der Waals surface area contributed by atoms with E-state index in [0.29, 0.717) is 10.6 Å². The Hall–Kier alpha value is -2.53. The monoisotopic (exact) mass is 305 g/mol. The predicted octanol–water partition coefficient (Wildman–Crippen LogP) is 2.88. The maximum Gasteiger partial charge on any atom is 0.354 e. The summed E-state index contributed by atoms with van der Waals surface area (Å²) < 4.78 is 9.61. The summed E-state index contributed by atoms with van der Waals surface area (Å²) in [5, 5.41) is 2.89. The number of benzene rings is 1. The normalized spacial score (nSPS) is 11.0. The molecule has 0 aliphatic carbocycles. The summed E-state index contributed by atoms with van der Waals surface area (Å²) in [5.74, 6) is -1.15. The number of methoxy groups -OCH3 is 1. The van der Waals surface area contributed by atoms with E-state index in [1.54, 1.807) is 30.3 Å². The minimum Gasteiger partial charge on any atom is -0.464 e. The van der Waals surface area contributed by atoms with Crippen molar-refractivity contribution in [3.63, 3.8) is 0 Å². The van der Waals surface area contributed by atoms with Crippen LogP contribution in [0.3, 0.4) is 0 Å². The van der Waals surface area contributed by atoms with E-state index in [9.17, 15) is 9.59 Å². The van der Waals surface area contributed by atoms with E-state index in [4.69, 9.17) is 16.0 Å². The molecule has 108 valence electrons. The van der Waals surface area contributed by atoms with Gasteiger partial charge >= 0.3 is 5.97 Å². The number of rotatable bonds is 4. The van der Waals surface area contributed by atoms with E-state index in [1.807, 2.05) is 0 Å². The lowest BCUT2D eigenvalue weighted by atomic mass is 10.2. The van der Waals surface area contributed by atoms with Crippen LogP contribution in [0.25, 0.3) is 6.08 Å². The second-order valence-electron chi connectivity index (χ2n) is 4.00. The first kappa shape index (κ1) is 14.9. The lowest BCUT2D eigenvalue weighted by Crippen LogP contribution is -2.27. The Morgan fingerprint density at radius 2 is 2.00 bits per heavy atom. The highest BCUT2D eigenvalue weighted by atomic mass is 35.5. The second-order valence-corrected chi connectivity index (χ2v) is 4.41. The fourth-order valence-electron chi connectivity index (χ4n) is 1.60. The van der Waals surface area contributed by atoms with Gasteiger partial charge in [0.05, 0.1) is 13.4 Å². The Labute approximate surface area is 126 Å². The van der Waals surface area contributed by atoms with Gasteiger partial charge in [-0.3, -0.25) is 4.79 Å². The molecule has 0 saturated carbocycles. The van der Waals surface area contributed by atoms with Crippen molar-refractivity contribution in [2.45, 2.75) is 0 Å². The smallest absolute Gasteiger partial charge is 0.354 e.